The van der Waals surface area contributed by atoms with Gasteiger partial charge in [0.2, 0.25) is 0 Å². The first-order valence-corrected chi connectivity index (χ1v) is 10.4. The Morgan fingerprint density at radius 1 is 1.03 bits per heavy atom. The van der Waals surface area contributed by atoms with Crippen LogP contribution in [0.3, 0.4) is 0 Å². The summed E-state index contributed by atoms with van der Waals surface area (Å²) in [6.45, 7) is 5.78. The molecule has 1 aromatic heterocycles. The van der Waals surface area contributed by atoms with E-state index < -0.39 is 11.9 Å². The number of carbonyl (C=O) groups is 1. The second kappa shape index (κ2) is 8.38. The zero-order chi connectivity index (χ0) is 23.0. The van der Waals surface area contributed by atoms with Crippen LogP contribution >= 0.6 is 0 Å². The zero-order valence-electron chi connectivity index (χ0n) is 18.5. The topological polar surface area (TPSA) is 55.2 Å². The second-order valence-electron chi connectivity index (χ2n) is 8.02. The first kappa shape index (κ1) is 21.4. The van der Waals surface area contributed by atoms with E-state index in [-0.39, 0.29) is 11.5 Å². The number of hydrogen-bond donors (Lipinski definition) is 0. The van der Waals surface area contributed by atoms with Gasteiger partial charge < -0.3 is 4.90 Å². The lowest BCUT2D eigenvalue weighted by atomic mass is 10.1. The first-order chi connectivity index (χ1) is 15.3. The van der Waals surface area contributed by atoms with E-state index in [0.29, 0.717) is 22.3 Å². The molecule has 4 rings (SSSR count). The fourth-order valence-electron chi connectivity index (χ4n) is 3.86. The van der Waals surface area contributed by atoms with Gasteiger partial charge in [-0.3, -0.25) is 14.2 Å². The molecule has 0 aliphatic rings. The molecule has 0 radical (unpaired) electrons. The van der Waals surface area contributed by atoms with Crippen LogP contribution in [0, 0.1) is 19.7 Å². The molecule has 1 atom stereocenters. The molecule has 1 heterocycles. The molecule has 0 saturated heterocycles. The highest BCUT2D eigenvalue weighted by atomic mass is 19.1. The molecule has 3 aromatic carbocycles. The Bertz CT molecular complexity index is 1380. The largest absolute Gasteiger partial charge is 0.332 e. The minimum absolute atomic E-state index is 0.188. The molecule has 0 aliphatic heterocycles. The van der Waals surface area contributed by atoms with E-state index in [1.54, 1.807) is 23.7 Å². The van der Waals surface area contributed by atoms with Gasteiger partial charge in [0.1, 0.15) is 11.6 Å². The summed E-state index contributed by atoms with van der Waals surface area (Å²) < 4.78 is 14.9. The van der Waals surface area contributed by atoms with Gasteiger partial charge in [-0.1, -0.05) is 29.8 Å². The summed E-state index contributed by atoms with van der Waals surface area (Å²) in [5.41, 5.74) is 3.50. The van der Waals surface area contributed by atoms with Crippen molar-refractivity contribution in [3.63, 3.8) is 0 Å². The molecular weight excluding hydrogens is 405 g/mol. The molecule has 32 heavy (non-hydrogen) atoms. The number of aromatic nitrogens is 2. The zero-order valence-corrected chi connectivity index (χ0v) is 18.5. The van der Waals surface area contributed by atoms with E-state index in [2.05, 4.69) is 0 Å². The van der Waals surface area contributed by atoms with Crippen LogP contribution in [0.4, 0.5) is 4.39 Å². The van der Waals surface area contributed by atoms with Crippen LogP contribution in [0.1, 0.15) is 40.3 Å². The molecule has 6 heteroatoms. The number of halogens is 1. The number of amides is 1. The Kier molecular flexibility index (Phi) is 5.61. The summed E-state index contributed by atoms with van der Waals surface area (Å²) in [6.07, 6.45) is 0. The van der Waals surface area contributed by atoms with E-state index in [4.69, 9.17) is 4.98 Å². The maximum absolute atomic E-state index is 13.6. The minimum atomic E-state index is -0.523. The molecule has 0 fully saturated rings. The van der Waals surface area contributed by atoms with Gasteiger partial charge in [-0.25, -0.2) is 9.37 Å². The Hall–Kier alpha value is -3.80. The van der Waals surface area contributed by atoms with Crippen LogP contribution in [0.2, 0.25) is 0 Å². The highest BCUT2D eigenvalue weighted by molar-refractivity contribution is 5.94. The molecule has 4 aromatic rings. The molecule has 5 nitrogen and oxygen atoms in total. The van der Waals surface area contributed by atoms with Crippen molar-refractivity contribution in [2.24, 2.45) is 0 Å². The SMILES string of the molecule is Cc1ccc(-n2c(C(C)N(C)C(=O)c3ccc(F)cc3)nc3ccccc3c2=O)c(C)c1. The highest BCUT2D eigenvalue weighted by Gasteiger charge is 2.25. The van der Waals surface area contributed by atoms with Gasteiger partial charge in [0.25, 0.3) is 11.5 Å². The van der Waals surface area contributed by atoms with E-state index in [1.807, 2.05) is 51.1 Å². The molecule has 0 aliphatic carbocycles. The van der Waals surface area contributed by atoms with Crippen molar-refractivity contribution in [1.82, 2.24) is 14.5 Å². The predicted octanol–water partition coefficient (Wildman–Crippen LogP) is 4.97. The predicted molar refractivity (Wildman–Crippen MR) is 124 cm³/mol. The number of hydrogen-bond acceptors (Lipinski definition) is 3. The van der Waals surface area contributed by atoms with Gasteiger partial charge in [0.05, 0.1) is 22.6 Å². The Morgan fingerprint density at radius 3 is 2.41 bits per heavy atom. The lowest BCUT2D eigenvalue weighted by molar-refractivity contribution is 0.0735. The molecule has 0 bridgehead atoms. The maximum atomic E-state index is 13.6. The summed E-state index contributed by atoms with van der Waals surface area (Å²) in [4.78, 5) is 32.9. The Labute approximate surface area is 185 Å². The fourth-order valence-corrected chi connectivity index (χ4v) is 3.86. The monoisotopic (exact) mass is 429 g/mol. The lowest BCUT2D eigenvalue weighted by Gasteiger charge is -2.27. The molecular formula is C26H24FN3O2. The van der Waals surface area contributed by atoms with Crippen LogP contribution in [0.15, 0.2) is 71.5 Å². The number of aryl methyl sites for hydroxylation is 2. The molecule has 1 amide bonds. The van der Waals surface area contributed by atoms with Crippen molar-refractivity contribution in [3.05, 3.63) is 105 Å². The average Bonchev–Trinajstić information content (AvgIpc) is 2.79. The third-order valence-electron chi connectivity index (χ3n) is 5.76. The highest BCUT2D eigenvalue weighted by Crippen LogP contribution is 2.25. The van der Waals surface area contributed by atoms with E-state index in [1.165, 1.54) is 29.2 Å². The quantitative estimate of drug-likeness (QED) is 0.460. The fraction of sp³-hybridized carbons (Fsp3) is 0.192. The maximum Gasteiger partial charge on any atom is 0.266 e. The summed E-state index contributed by atoms with van der Waals surface area (Å²) in [5.74, 6) is -0.233. The Morgan fingerprint density at radius 2 is 1.72 bits per heavy atom. The summed E-state index contributed by atoms with van der Waals surface area (Å²) in [5, 5.41) is 0.510. The van der Waals surface area contributed by atoms with Crippen LogP contribution in [-0.4, -0.2) is 27.4 Å². The molecule has 0 spiro atoms. The van der Waals surface area contributed by atoms with Crippen molar-refractivity contribution in [3.8, 4) is 5.69 Å². The number of benzene rings is 3. The van der Waals surface area contributed by atoms with Gasteiger partial charge in [0, 0.05) is 12.6 Å². The van der Waals surface area contributed by atoms with Crippen LogP contribution in [0.5, 0.6) is 0 Å². The standard InChI is InChI=1S/C26H24FN3O2/c1-16-9-14-23(17(2)15-16)30-24(28-22-8-6-5-7-21(22)26(30)32)18(3)29(4)25(31)19-10-12-20(27)13-11-19/h5-15,18H,1-4H3. The third-order valence-corrected chi connectivity index (χ3v) is 5.76. The number of carbonyl (C=O) groups excluding carboxylic acids is 1. The van der Waals surface area contributed by atoms with Gasteiger partial charge in [0.15, 0.2) is 0 Å². The third kappa shape index (κ3) is 3.80. The second-order valence-corrected chi connectivity index (χ2v) is 8.02. The number of rotatable bonds is 4. The van der Waals surface area contributed by atoms with Crippen LogP contribution in [-0.2, 0) is 0 Å². The van der Waals surface area contributed by atoms with E-state index in [9.17, 15) is 14.0 Å². The smallest absolute Gasteiger partial charge is 0.266 e. The van der Waals surface area contributed by atoms with Gasteiger partial charge in [-0.15, -0.1) is 0 Å². The summed E-state index contributed by atoms with van der Waals surface area (Å²) >= 11 is 0. The van der Waals surface area contributed by atoms with Gasteiger partial charge in [-0.2, -0.15) is 0 Å². The molecule has 162 valence electrons. The van der Waals surface area contributed by atoms with Crippen LogP contribution < -0.4 is 5.56 Å². The summed E-state index contributed by atoms with van der Waals surface area (Å²) in [7, 11) is 1.66. The Balaban J connectivity index is 1.89. The van der Waals surface area contributed by atoms with E-state index in [0.717, 1.165) is 16.8 Å². The number of nitrogens with zero attached hydrogens (tertiary/aromatic N) is 3. The van der Waals surface area contributed by atoms with Crippen LogP contribution in [0.25, 0.3) is 16.6 Å². The average molecular weight is 429 g/mol. The minimum Gasteiger partial charge on any atom is -0.332 e. The molecule has 1 unspecified atom stereocenters. The van der Waals surface area contributed by atoms with Crippen molar-refractivity contribution in [2.75, 3.05) is 7.05 Å². The lowest BCUT2D eigenvalue weighted by Crippen LogP contribution is -2.35. The number of para-hydroxylation sites is 1. The van der Waals surface area contributed by atoms with Crippen molar-refractivity contribution < 1.29 is 9.18 Å². The normalized spacial score (nSPS) is 12.0. The molecule has 0 saturated carbocycles. The first-order valence-electron chi connectivity index (χ1n) is 10.4. The van der Waals surface area contributed by atoms with Gasteiger partial charge in [-0.05, 0) is 68.8 Å². The number of fused-ring (bicyclic) bond motifs is 1. The van der Waals surface area contributed by atoms with Crippen molar-refractivity contribution in [1.29, 1.82) is 0 Å². The summed E-state index contributed by atoms with van der Waals surface area (Å²) in [6, 6.07) is 17.9. The van der Waals surface area contributed by atoms with Gasteiger partial charge >= 0.3 is 0 Å². The molecule has 0 N–H and O–H groups in total. The van der Waals surface area contributed by atoms with Crippen molar-refractivity contribution >= 4 is 16.8 Å². The van der Waals surface area contributed by atoms with E-state index >= 15 is 0 Å². The van der Waals surface area contributed by atoms with Crippen molar-refractivity contribution in [2.45, 2.75) is 26.8 Å².